The van der Waals surface area contributed by atoms with Crippen LogP contribution in [0.4, 0.5) is 0 Å². The van der Waals surface area contributed by atoms with Crippen molar-refractivity contribution in [1.82, 2.24) is 9.80 Å². The van der Waals surface area contributed by atoms with Crippen molar-refractivity contribution in [3.8, 4) is 5.75 Å². The fourth-order valence-electron chi connectivity index (χ4n) is 3.79. The second-order valence-electron chi connectivity index (χ2n) is 8.93. The Morgan fingerprint density at radius 1 is 1.09 bits per heavy atom. The molecule has 1 fully saturated rings. The molecular weight excluding hydrogens is 484 g/mol. The van der Waals surface area contributed by atoms with Crippen LogP contribution in [0, 0.1) is 5.92 Å². The molecule has 1 N–H and O–H groups in total. The second kappa shape index (κ2) is 11.0. The number of likely N-dealkylation sites (tertiary alicyclic amines) is 1. The molecule has 0 radical (unpaired) electrons. The number of hydrogen-bond donors (Lipinski definition) is 1. The molecule has 1 atom stereocenters. The number of hydrogen-bond acceptors (Lipinski definition) is 5. The molecule has 7 heteroatoms. The molecule has 0 saturated carbocycles. The van der Waals surface area contributed by atoms with E-state index in [1.54, 1.807) is 29.2 Å². The first kappa shape index (κ1) is 25.0. The van der Waals surface area contributed by atoms with Gasteiger partial charge in [0.1, 0.15) is 11.5 Å². The van der Waals surface area contributed by atoms with Gasteiger partial charge in [0.15, 0.2) is 0 Å². The monoisotopic (exact) mass is 514 g/mol. The SMILES string of the molecule is CC(C)COc1ccc(/C(O)=C2\C(=O)C(=O)N(CCCN(C)C)C2c2ccc(Br)cc2)cc1. The zero-order valence-electron chi connectivity index (χ0n) is 19.5. The average Bonchev–Trinajstić information content (AvgIpc) is 3.03. The maximum absolute atomic E-state index is 13.1. The van der Waals surface area contributed by atoms with E-state index in [1.165, 1.54) is 0 Å². The Hall–Kier alpha value is -2.64. The summed E-state index contributed by atoms with van der Waals surface area (Å²) in [7, 11) is 3.93. The lowest BCUT2D eigenvalue weighted by molar-refractivity contribution is -0.139. The predicted molar refractivity (Wildman–Crippen MR) is 133 cm³/mol. The van der Waals surface area contributed by atoms with Gasteiger partial charge in [0.25, 0.3) is 11.7 Å². The molecule has 176 valence electrons. The third-order valence-electron chi connectivity index (χ3n) is 5.44. The zero-order valence-corrected chi connectivity index (χ0v) is 21.1. The van der Waals surface area contributed by atoms with Crippen molar-refractivity contribution in [3.63, 3.8) is 0 Å². The largest absolute Gasteiger partial charge is 0.507 e. The number of benzene rings is 2. The van der Waals surface area contributed by atoms with E-state index in [2.05, 4.69) is 29.8 Å². The van der Waals surface area contributed by atoms with E-state index in [4.69, 9.17) is 4.74 Å². The Morgan fingerprint density at radius 3 is 2.30 bits per heavy atom. The highest BCUT2D eigenvalue weighted by atomic mass is 79.9. The molecule has 1 saturated heterocycles. The number of amides is 1. The van der Waals surface area contributed by atoms with Gasteiger partial charge in [-0.1, -0.05) is 41.9 Å². The molecule has 0 bridgehead atoms. The minimum atomic E-state index is -0.662. The van der Waals surface area contributed by atoms with Crippen LogP contribution in [0.5, 0.6) is 5.75 Å². The van der Waals surface area contributed by atoms with E-state index < -0.39 is 17.7 Å². The van der Waals surface area contributed by atoms with Gasteiger partial charge in [-0.25, -0.2) is 0 Å². The molecular formula is C26H31BrN2O4. The normalized spacial score (nSPS) is 17.9. The number of rotatable bonds is 9. The van der Waals surface area contributed by atoms with Crippen molar-refractivity contribution >= 4 is 33.4 Å². The standard InChI is InChI=1S/C26H31BrN2O4/c1-17(2)16-33-21-12-8-19(9-13-21)24(30)22-23(18-6-10-20(27)11-7-18)29(26(32)25(22)31)15-5-14-28(3)4/h6-13,17,23,30H,5,14-16H2,1-4H3/b24-22+. The van der Waals surface area contributed by atoms with Gasteiger partial charge in [-0.05, 0) is 74.9 Å². The summed E-state index contributed by atoms with van der Waals surface area (Å²) in [6, 6.07) is 13.8. The Labute approximate surface area is 204 Å². The van der Waals surface area contributed by atoms with Crippen molar-refractivity contribution in [2.45, 2.75) is 26.3 Å². The predicted octanol–water partition coefficient (Wildman–Crippen LogP) is 4.86. The Bertz CT molecular complexity index is 1010. The van der Waals surface area contributed by atoms with Crippen molar-refractivity contribution in [3.05, 3.63) is 69.7 Å². The van der Waals surface area contributed by atoms with E-state index >= 15 is 0 Å². The maximum Gasteiger partial charge on any atom is 0.295 e. The second-order valence-corrected chi connectivity index (χ2v) is 9.85. The van der Waals surface area contributed by atoms with Crippen LogP contribution >= 0.6 is 15.9 Å². The summed E-state index contributed by atoms with van der Waals surface area (Å²) in [5, 5.41) is 11.2. The molecule has 0 aromatic heterocycles. The van der Waals surface area contributed by atoms with Gasteiger partial charge < -0.3 is 19.6 Å². The van der Waals surface area contributed by atoms with E-state index in [1.807, 2.05) is 43.3 Å². The highest BCUT2D eigenvalue weighted by Crippen LogP contribution is 2.40. The smallest absolute Gasteiger partial charge is 0.295 e. The van der Waals surface area contributed by atoms with Gasteiger partial charge in [-0.2, -0.15) is 0 Å². The van der Waals surface area contributed by atoms with Gasteiger partial charge >= 0.3 is 0 Å². The highest BCUT2D eigenvalue weighted by Gasteiger charge is 2.45. The first-order chi connectivity index (χ1) is 15.7. The number of ketones is 1. The van der Waals surface area contributed by atoms with Crippen molar-refractivity contribution in [1.29, 1.82) is 0 Å². The van der Waals surface area contributed by atoms with Crippen LogP contribution in [0.25, 0.3) is 5.76 Å². The summed E-state index contributed by atoms with van der Waals surface area (Å²) in [5.41, 5.74) is 1.36. The topological polar surface area (TPSA) is 70.1 Å². The molecule has 2 aromatic carbocycles. The first-order valence-electron chi connectivity index (χ1n) is 11.1. The Morgan fingerprint density at radius 2 is 1.73 bits per heavy atom. The summed E-state index contributed by atoms with van der Waals surface area (Å²) >= 11 is 3.43. The Balaban J connectivity index is 1.99. The third-order valence-corrected chi connectivity index (χ3v) is 5.97. The van der Waals surface area contributed by atoms with Crippen LogP contribution in [-0.4, -0.2) is 60.4 Å². The van der Waals surface area contributed by atoms with Crippen LogP contribution < -0.4 is 4.74 Å². The lowest BCUT2D eigenvalue weighted by atomic mass is 9.95. The van der Waals surface area contributed by atoms with Crippen LogP contribution in [0.2, 0.25) is 0 Å². The summed E-state index contributed by atoms with van der Waals surface area (Å²) in [6.45, 7) is 5.93. The minimum Gasteiger partial charge on any atom is -0.507 e. The summed E-state index contributed by atoms with van der Waals surface area (Å²) in [5.74, 6) is -0.335. The van der Waals surface area contributed by atoms with Crippen molar-refractivity contribution in [2.75, 3.05) is 33.8 Å². The molecule has 1 aliphatic heterocycles. The molecule has 6 nitrogen and oxygen atoms in total. The van der Waals surface area contributed by atoms with Gasteiger partial charge in [0, 0.05) is 16.6 Å². The minimum absolute atomic E-state index is 0.114. The summed E-state index contributed by atoms with van der Waals surface area (Å²) in [6.07, 6.45) is 0.717. The highest BCUT2D eigenvalue weighted by molar-refractivity contribution is 9.10. The molecule has 1 aliphatic rings. The molecule has 1 unspecified atom stereocenters. The van der Waals surface area contributed by atoms with Gasteiger partial charge in [0.2, 0.25) is 0 Å². The quantitative estimate of drug-likeness (QED) is 0.294. The molecule has 3 rings (SSSR count). The van der Waals surface area contributed by atoms with Crippen molar-refractivity contribution in [2.24, 2.45) is 5.92 Å². The van der Waals surface area contributed by atoms with E-state index in [0.717, 1.165) is 23.0 Å². The van der Waals surface area contributed by atoms with E-state index in [-0.39, 0.29) is 11.3 Å². The molecule has 2 aromatic rings. The lowest BCUT2D eigenvalue weighted by Gasteiger charge is -2.26. The van der Waals surface area contributed by atoms with Crippen LogP contribution in [-0.2, 0) is 9.59 Å². The Kier molecular flexibility index (Phi) is 8.32. The van der Waals surface area contributed by atoms with Crippen LogP contribution in [0.3, 0.4) is 0 Å². The summed E-state index contributed by atoms with van der Waals surface area (Å²) < 4.78 is 6.61. The number of ether oxygens (including phenoxy) is 1. The number of aliphatic hydroxyl groups excluding tert-OH is 1. The number of aliphatic hydroxyl groups is 1. The van der Waals surface area contributed by atoms with Gasteiger partial charge in [-0.3, -0.25) is 9.59 Å². The zero-order chi connectivity index (χ0) is 24.1. The number of carbonyl (C=O) groups is 2. The molecule has 1 heterocycles. The van der Waals surface area contributed by atoms with E-state index in [9.17, 15) is 14.7 Å². The van der Waals surface area contributed by atoms with Crippen LogP contribution in [0.15, 0.2) is 58.6 Å². The molecule has 0 aliphatic carbocycles. The third kappa shape index (κ3) is 6.03. The van der Waals surface area contributed by atoms with Gasteiger partial charge in [-0.15, -0.1) is 0 Å². The first-order valence-corrected chi connectivity index (χ1v) is 11.9. The maximum atomic E-state index is 13.1. The fraction of sp³-hybridized carbons (Fsp3) is 0.385. The fourth-order valence-corrected chi connectivity index (χ4v) is 4.05. The number of halogens is 1. The van der Waals surface area contributed by atoms with E-state index in [0.29, 0.717) is 30.4 Å². The summed E-state index contributed by atoms with van der Waals surface area (Å²) in [4.78, 5) is 29.6. The average molecular weight is 515 g/mol. The van der Waals surface area contributed by atoms with Crippen molar-refractivity contribution < 1.29 is 19.4 Å². The molecule has 33 heavy (non-hydrogen) atoms. The number of nitrogens with zero attached hydrogens (tertiary/aromatic N) is 2. The van der Waals surface area contributed by atoms with Gasteiger partial charge in [0.05, 0.1) is 18.2 Å². The molecule has 0 spiro atoms. The number of carbonyl (C=O) groups excluding carboxylic acids is 2. The number of Topliss-reactive ketones (excluding diaryl/α,β-unsaturated/α-hetero) is 1. The van der Waals surface area contributed by atoms with Crippen LogP contribution in [0.1, 0.15) is 37.4 Å². The lowest BCUT2D eigenvalue weighted by Crippen LogP contribution is -2.32. The molecule has 1 amide bonds.